The molecule has 0 radical (unpaired) electrons. The number of aromatic nitrogens is 2. The predicted octanol–water partition coefficient (Wildman–Crippen LogP) is 2.36. The van der Waals surface area contributed by atoms with Crippen LogP contribution in [0.15, 0.2) is 53.3 Å². The van der Waals surface area contributed by atoms with Gasteiger partial charge in [0.2, 0.25) is 5.91 Å². The van der Waals surface area contributed by atoms with Crippen molar-refractivity contribution >= 4 is 28.5 Å². The lowest BCUT2D eigenvalue weighted by Crippen LogP contribution is -2.30. The summed E-state index contributed by atoms with van der Waals surface area (Å²) in [6.45, 7) is 4.43. The van der Waals surface area contributed by atoms with Crippen molar-refractivity contribution in [1.82, 2.24) is 14.5 Å². The maximum absolute atomic E-state index is 12.6. The van der Waals surface area contributed by atoms with Crippen LogP contribution < -0.4 is 16.3 Å². The molecule has 0 aliphatic rings. The van der Waals surface area contributed by atoms with E-state index in [2.05, 4.69) is 10.6 Å². The van der Waals surface area contributed by atoms with Gasteiger partial charge in [0.25, 0.3) is 5.91 Å². The molecule has 7 nitrogen and oxygen atoms in total. The lowest BCUT2D eigenvalue weighted by Gasteiger charge is -2.12. The van der Waals surface area contributed by atoms with E-state index in [1.165, 1.54) is 9.13 Å². The van der Waals surface area contributed by atoms with E-state index in [0.29, 0.717) is 29.2 Å². The summed E-state index contributed by atoms with van der Waals surface area (Å²) in [5, 5.41) is 5.61. The van der Waals surface area contributed by atoms with Crippen LogP contribution in [0.25, 0.3) is 11.0 Å². The Morgan fingerprint density at radius 1 is 1.00 bits per heavy atom. The van der Waals surface area contributed by atoms with E-state index in [0.717, 1.165) is 5.52 Å². The second-order valence-electron chi connectivity index (χ2n) is 7.11. The summed E-state index contributed by atoms with van der Waals surface area (Å²) in [5.41, 5.74) is 1.99. The molecule has 3 rings (SSSR count). The van der Waals surface area contributed by atoms with E-state index in [-0.39, 0.29) is 24.0 Å². The fourth-order valence-electron chi connectivity index (χ4n) is 3.03. The Kier molecular flexibility index (Phi) is 5.63. The zero-order chi connectivity index (χ0) is 20.3. The number of imidazole rings is 1. The normalized spacial score (nSPS) is 11.0. The Hall–Kier alpha value is -3.35. The molecule has 0 spiro atoms. The first-order chi connectivity index (χ1) is 13.4. The molecule has 2 N–H and O–H groups in total. The highest BCUT2D eigenvalue weighted by Crippen LogP contribution is 2.16. The number of nitrogens with zero attached hydrogens (tertiary/aromatic N) is 2. The first-order valence-electron chi connectivity index (χ1n) is 9.19. The molecular formula is C21H24N4O3. The molecule has 0 atom stereocenters. The molecule has 2 amide bonds. The first kappa shape index (κ1) is 19.4. The van der Waals surface area contributed by atoms with Gasteiger partial charge < -0.3 is 10.6 Å². The number of carbonyl (C=O) groups is 2. The van der Waals surface area contributed by atoms with E-state index >= 15 is 0 Å². The van der Waals surface area contributed by atoms with Crippen LogP contribution in [0.5, 0.6) is 0 Å². The summed E-state index contributed by atoms with van der Waals surface area (Å²) in [7, 11) is 1.67. The van der Waals surface area contributed by atoms with Gasteiger partial charge in [0.15, 0.2) is 0 Å². The average Bonchev–Trinajstić information content (AvgIpc) is 2.91. The number of carbonyl (C=O) groups excluding carboxylic acids is 2. The topological polar surface area (TPSA) is 85.1 Å². The highest BCUT2D eigenvalue weighted by molar-refractivity contribution is 6.03. The van der Waals surface area contributed by atoms with Crippen molar-refractivity contribution in [3.05, 3.63) is 64.6 Å². The summed E-state index contributed by atoms with van der Waals surface area (Å²) in [6, 6.07) is 14.1. The molecular weight excluding hydrogens is 356 g/mol. The molecule has 0 unspecified atom stereocenters. The third-order valence-corrected chi connectivity index (χ3v) is 4.47. The zero-order valence-electron chi connectivity index (χ0n) is 16.2. The molecule has 0 bridgehead atoms. The summed E-state index contributed by atoms with van der Waals surface area (Å²) >= 11 is 0. The molecule has 3 aromatic rings. The van der Waals surface area contributed by atoms with Gasteiger partial charge in [0.05, 0.1) is 22.3 Å². The molecule has 28 heavy (non-hydrogen) atoms. The Bertz CT molecular complexity index is 1080. The minimum Gasteiger partial charge on any atom is -0.352 e. The Balaban J connectivity index is 1.81. The van der Waals surface area contributed by atoms with Gasteiger partial charge in [0.1, 0.15) is 6.54 Å². The van der Waals surface area contributed by atoms with Gasteiger partial charge in [0, 0.05) is 13.6 Å². The summed E-state index contributed by atoms with van der Waals surface area (Å²) < 4.78 is 2.93. The zero-order valence-corrected chi connectivity index (χ0v) is 16.2. The van der Waals surface area contributed by atoms with Gasteiger partial charge in [-0.15, -0.1) is 0 Å². The van der Waals surface area contributed by atoms with E-state index in [1.807, 2.05) is 32.0 Å². The van der Waals surface area contributed by atoms with Crippen molar-refractivity contribution in [1.29, 1.82) is 0 Å². The fourth-order valence-corrected chi connectivity index (χ4v) is 3.03. The van der Waals surface area contributed by atoms with E-state index in [9.17, 15) is 14.4 Å². The molecule has 7 heteroatoms. The summed E-state index contributed by atoms with van der Waals surface area (Å²) in [6.07, 6.45) is 0. The van der Waals surface area contributed by atoms with Crippen LogP contribution in [0.4, 0.5) is 5.69 Å². The SMILES string of the molecule is CC(C)CNC(=O)c1ccccc1NC(=O)Cn1c(=O)n(C)c2ccccc21. The van der Waals surface area contributed by atoms with Gasteiger partial charge in [-0.3, -0.25) is 18.7 Å². The van der Waals surface area contributed by atoms with Crippen molar-refractivity contribution in [2.24, 2.45) is 13.0 Å². The third-order valence-electron chi connectivity index (χ3n) is 4.47. The smallest absolute Gasteiger partial charge is 0.329 e. The number of amides is 2. The maximum atomic E-state index is 12.6. The number of hydrogen-bond acceptors (Lipinski definition) is 3. The van der Waals surface area contributed by atoms with Crippen molar-refractivity contribution < 1.29 is 9.59 Å². The van der Waals surface area contributed by atoms with Gasteiger partial charge in [-0.05, 0) is 30.2 Å². The van der Waals surface area contributed by atoms with Gasteiger partial charge in [-0.1, -0.05) is 38.1 Å². The standard InChI is InChI=1S/C21H24N4O3/c1-14(2)12-22-20(27)15-8-4-5-9-16(15)23-19(26)13-25-18-11-7-6-10-17(18)24(3)21(25)28/h4-11,14H,12-13H2,1-3H3,(H,22,27)(H,23,26). The van der Waals surface area contributed by atoms with Gasteiger partial charge in [-0.2, -0.15) is 0 Å². The number of anilines is 1. The monoisotopic (exact) mass is 380 g/mol. The average molecular weight is 380 g/mol. The fraction of sp³-hybridized carbons (Fsp3) is 0.286. The predicted molar refractivity (Wildman–Crippen MR) is 109 cm³/mol. The number of hydrogen-bond donors (Lipinski definition) is 2. The molecule has 0 saturated carbocycles. The van der Waals surface area contributed by atoms with Crippen LogP contribution >= 0.6 is 0 Å². The van der Waals surface area contributed by atoms with Crippen molar-refractivity contribution in [3.63, 3.8) is 0 Å². The highest BCUT2D eigenvalue weighted by atomic mass is 16.2. The molecule has 0 aliphatic heterocycles. The number of rotatable bonds is 6. The first-order valence-corrected chi connectivity index (χ1v) is 9.19. The number of nitrogens with one attached hydrogen (secondary N) is 2. The van der Waals surface area contributed by atoms with E-state index in [1.54, 1.807) is 37.4 Å². The van der Waals surface area contributed by atoms with Crippen LogP contribution in [0.3, 0.4) is 0 Å². The lowest BCUT2D eigenvalue weighted by molar-refractivity contribution is -0.116. The largest absolute Gasteiger partial charge is 0.352 e. The van der Waals surface area contributed by atoms with Crippen molar-refractivity contribution in [2.45, 2.75) is 20.4 Å². The quantitative estimate of drug-likeness (QED) is 0.688. The van der Waals surface area contributed by atoms with Crippen molar-refractivity contribution in [2.75, 3.05) is 11.9 Å². The lowest BCUT2D eigenvalue weighted by atomic mass is 10.1. The molecule has 0 aliphatic carbocycles. The third kappa shape index (κ3) is 3.98. The molecule has 1 heterocycles. The van der Waals surface area contributed by atoms with Crippen LogP contribution in [-0.4, -0.2) is 27.5 Å². The Morgan fingerprint density at radius 3 is 2.36 bits per heavy atom. The molecule has 2 aromatic carbocycles. The molecule has 0 saturated heterocycles. The second-order valence-corrected chi connectivity index (χ2v) is 7.11. The molecule has 0 fully saturated rings. The van der Waals surface area contributed by atoms with Crippen molar-refractivity contribution in [3.8, 4) is 0 Å². The summed E-state index contributed by atoms with van der Waals surface area (Å²) in [5.74, 6) is -0.293. The maximum Gasteiger partial charge on any atom is 0.329 e. The minimum absolute atomic E-state index is 0.137. The Labute approximate surface area is 163 Å². The molecule has 146 valence electrons. The van der Waals surface area contributed by atoms with Crippen LogP contribution in [0, 0.1) is 5.92 Å². The number of para-hydroxylation sites is 3. The van der Waals surface area contributed by atoms with Crippen LogP contribution in [0.1, 0.15) is 24.2 Å². The second kappa shape index (κ2) is 8.12. The highest BCUT2D eigenvalue weighted by Gasteiger charge is 2.16. The number of fused-ring (bicyclic) bond motifs is 1. The summed E-state index contributed by atoms with van der Waals surface area (Å²) in [4.78, 5) is 37.5. The molecule has 1 aromatic heterocycles. The number of aryl methyl sites for hydroxylation is 1. The van der Waals surface area contributed by atoms with Gasteiger partial charge in [-0.25, -0.2) is 4.79 Å². The number of benzene rings is 2. The van der Waals surface area contributed by atoms with E-state index < -0.39 is 0 Å². The van der Waals surface area contributed by atoms with Crippen LogP contribution in [0.2, 0.25) is 0 Å². The van der Waals surface area contributed by atoms with Gasteiger partial charge >= 0.3 is 5.69 Å². The Morgan fingerprint density at radius 2 is 1.64 bits per heavy atom. The minimum atomic E-state index is -0.373. The van der Waals surface area contributed by atoms with Crippen LogP contribution in [-0.2, 0) is 18.4 Å². The van der Waals surface area contributed by atoms with E-state index in [4.69, 9.17) is 0 Å².